The summed E-state index contributed by atoms with van der Waals surface area (Å²) in [7, 11) is 1.55. The largest absolute Gasteiger partial charge is 0.467 e. The van der Waals surface area contributed by atoms with Gasteiger partial charge in [0.2, 0.25) is 0 Å². The second kappa shape index (κ2) is 7.86. The molecule has 0 bridgehead atoms. The molecule has 0 aliphatic carbocycles. The normalized spacial score (nSPS) is 10.4. The molecule has 2 rings (SSSR count). The van der Waals surface area contributed by atoms with Gasteiger partial charge in [0, 0.05) is 17.6 Å². The predicted molar refractivity (Wildman–Crippen MR) is 85.2 cm³/mol. The highest BCUT2D eigenvalue weighted by molar-refractivity contribution is 7.99. The van der Waals surface area contributed by atoms with Crippen molar-refractivity contribution in [3.8, 4) is 5.75 Å². The van der Waals surface area contributed by atoms with Gasteiger partial charge in [-0.1, -0.05) is 19.1 Å². The minimum absolute atomic E-state index is 0.0465. The van der Waals surface area contributed by atoms with E-state index in [1.807, 2.05) is 36.4 Å². The van der Waals surface area contributed by atoms with Gasteiger partial charge in [0.05, 0.1) is 5.56 Å². The minimum atomic E-state index is -0.0465. The maximum Gasteiger partial charge on any atom is 0.196 e. The lowest BCUT2D eigenvalue weighted by Crippen LogP contribution is -2.07. The quantitative estimate of drug-likeness (QED) is 0.440. The lowest BCUT2D eigenvalue weighted by Gasteiger charge is -2.10. The van der Waals surface area contributed by atoms with Gasteiger partial charge < -0.3 is 9.47 Å². The fourth-order valence-electron chi connectivity index (χ4n) is 1.93. The number of benzene rings is 2. The Hall–Kier alpha value is -1.78. The van der Waals surface area contributed by atoms with Crippen LogP contribution in [0, 0.1) is 0 Å². The van der Waals surface area contributed by atoms with Gasteiger partial charge in [0.15, 0.2) is 12.6 Å². The van der Waals surface area contributed by atoms with Crippen LogP contribution in [0.25, 0.3) is 0 Å². The molecule has 2 aromatic rings. The first-order chi connectivity index (χ1) is 10.3. The molecule has 0 heterocycles. The third-order valence-electron chi connectivity index (χ3n) is 2.89. The zero-order valence-electron chi connectivity index (χ0n) is 12.2. The highest BCUT2D eigenvalue weighted by atomic mass is 32.2. The van der Waals surface area contributed by atoms with E-state index in [0.717, 1.165) is 10.6 Å². The first kappa shape index (κ1) is 15.6. The Bertz CT molecular complexity index is 593. The molecule has 0 saturated heterocycles. The van der Waals surface area contributed by atoms with Crippen molar-refractivity contribution in [1.29, 1.82) is 0 Å². The maximum absolute atomic E-state index is 12.6. The van der Waals surface area contributed by atoms with E-state index in [9.17, 15) is 4.79 Å². The lowest BCUT2D eigenvalue weighted by molar-refractivity contribution is 0.0503. The predicted octanol–water partition coefficient (Wildman–Crippen LogP) is 4.01. The molecule has 21 heavy (non-hydrogen) atoms. The number of carbonyl (C=O) groups excluding carboxylic acids is 1. The molecule has 0 unspecified atom stereocenters. The number of para-hydroxylation sites is 1. The van der Waals surface area contributed by atoms with Gasteiger partial charge in [-0.15, -0.1) is 11.8 Å². The molecule has 0 radical (unpaired) electrons. The summed E-state index contributed by atoms with van der Waals surface area (Å²) in [5.41, 5.74) is 1.20. The zero-order chi connectivity index (χ0) is 15.1. The minimum Gasteiger partial charge on any atom is -0.467 e. The number of hydrogen-bond donors (Lipinski definition) is 0. The van der Waals surface area contributed by atoms with Crippen molar-refractivity contribution in [3.63, 3.8) is 0 Å². The van der Waals surface area contributed by atoms with E-state index in [0.29, 0.717) is 16.9 Å². The van der Waals surface area contributed by atoms with Crippen LogP contribution in [0.15, 0.2) is 53.4 Å². The SMILES string of the molecule is CCSc1ccc(C(=O)c2ccccc2OCOC)cc1. The van der Waals surface area contributed by atoms with Crippen LogP contribution in [0.3, 0.4) is 0 Å². The van der Waals surface area contributed by atoms with Gasteiger partial charge in [-0.25, -0.2) is 0 Å². The summed E-state index contributed by atoms with van der Waals surface area (Å²) in [6.45, 7) is 2.23. The summed E-state index contributed by atoms with van der Waals surface area (Å²) in [6.07, 6.45) is 0. The molecular weight excluding hydrogens is 284 g/mol. The van der Waals surface area contributed by atoms with Crippen LogP contribution in [0.4, 0.5) is 0 Å². The Morgan fingerprint density at radius 1 is 1.10 bits per heavy atom. The van der Waals surface area contributed by atoms with Crippen LogP contribution in [0.1, 0.15) is 22.8 Å². The van der Waals surface area contributed by atoms with Crippen LogP contribution in [0.5, 0.6) is 5.75 Å². The molecule has 0 aliphatic heterocycles. The van der Waals surface area contributed by atoms with E-state index >= 15 is 0 Å². The number of hydrogen-bond acceptors (Lipinski definition) is 4. The van der Waals surface area contributed by atoms with Crippen LogP contribution < -0.4 is 4.74 Å². The van der Waals surface area contributed by atoms with Crippen LogP contribution in [-0.4, -0.2) is 25.4 Å². The topological polar surface area (TPSA) is 35.5 Å². The molecule has 4 heteroatoms. The molecule has 0 saturated carbocycles. The first-order valence-electron chi connectivity index (χ1n) is 6.74. The van der Waals surface area contributed by atoms with Crippen molar-refractivity contribution in [1.82, 2.24) is 0 Å². The van der Waals surface area contributed by atoms with E-state index < -0.39 is 0 Å². The van der Waals surface area contributed by atoms with Gasteiger partial charge in [0.25, 0.3) is 0 Å². The number of carbonyl (C=O) groups is 1. The van der Waals surface area contributed by atoms with Crippen molar-refractivity contribution in [2.45, 2.75) is 11.8 Å². The average Bonchev–Trinajstić information content (AvgIpc) is 2.53. The molecule has 0 amide bonds. The monoisotopic (exact) mass is 302 g/mol. The Kier molecular flexibility index (Phi) is 5.84. The molecule has 2 aromatic carbocycles. The third-order valence-corrected chi connectivity index (χ3v) is 3.79. The number of methoxy groups -OCH3 is 1. The van der Waals surface area contributed by atoms with Crippen molar-refractivity contribution in [2.75, 3.05) is 19.7 Å². The van der Waals surface area contributed by atoms with Gasteiger partial charge in [0.1, 0.15) is 5.75 Å². The number of thioether (sulfide) groups is 1. The van der Waals surface area contributed by atoms with Crippen molar-refractivity contribution in [3.05, 3.63) is 59.7 Å². The molecule has 0 fully saturated rings. The van der Waals surface area contributed by atoms with Crippen LogP contribution in [0.2, 0.25) is 0 Å². The molecule has 0 aliphatic rings. The summed E-state index contributed by atoms with van der Waals surface area (Å²) in [4.78, 5) is 13.7. The Balaban J connectivity index is 2.23. The first-order valence-corrected chi connectivity index (χ1v) is 7.73. The highest BCUT2D eigenvalue weighted by Crippen LogP contribution is 2.23. The summed E-state index contributed by atoms with van der Waals surface area (Å²) >= 11 is 1.75. The molecule has 110 valence electrons. The third kappa shape index (κ3) is 4.09. The van der Waals surface area contributed by atoms with Crippen molar-refractivity contribution in [2.24, 2.45) is 0 Å². The summed E-state index contributed by atoms with van der Waals surface area (Å²) in [6, 6.07) is 14.9. The molecule has 0 N–H and O–H groups in total. The second-order valence-electron chi connectivity index (χ2n) is 4.33. The van der Waals surface area contributed by atoms with Crippen molar-refractivity contribution < 1.29 is 14.3 Å². The Morgan fingerprint density at radius 3 is 2.48 bits per heavy atom. The summed E-state index contributed by atoms with van der Waals surface area (Å²) in [5, 5.41) is 0. The summed E-state index contributed by atoms with van der Waals surface area (Å²) in [5.74, 6) is 1.51. The second-order valence-corrected chi connectivity index (χ2v) is 5.67. The van der Waals surface area contributed by atoms with Gasteiger partial charge in [-0.05, 0) is 42.2 Å². The fraction of sp³-hybridized carbons (Fsp3) is 0.235. The smallest absolute Gasteiger partial charge is 0.196 e. The number of ether oxygens (including phenoxy) is 2. The van der Waals surface area contributed by atoms with E-state index in [-0.39, 0.29) is 12.6 Å². The molecule has 0 atom stereocenters. The Morgan fingerprint density at radius 2 is 1.81 bits per heavy atom. The fourth-order valence-corrected chi connectivity index (χ4v) is 2.59. The highest BCUT2D eigenvalue weighted by Gasteiger charge is 2.14. The van der Waals surface area contributed by atoms with Gasteiger partial charge in [-0.2, -0.15) is 0 Å². The molecule has 0 aromatic heterocycles. The molecule has 3 nitrogen and oxygen atoms in total. The van der Waals surface area contributed by atoms with E-state index in [1.165, 1.54) is 0 Å². The standard InChI is InChI=1S/C17H18O3S/c1-3-21-14-10-8-13(9-11-14)17(18)15-6-4-5-7-16(15)20-12-19-2/h4-11H,3,12H2,1-2H3. The van der Waals surface area contributed by atoms with E-state index in [2.05, 4.69) is 6.92 Å². The molecular formula is C17H18O3S. The lowest BCUT2D eigenvalue weighted by atomic mass is 10.0. The van der Waals surface area contributed by atoms with Gasteiger partial charge >= 0.3 is 0 Å². The average molecular weight is 302 g/mol. The summed E-state index contributed by atoms with van der Waals surface area (Å²) < 4.78 is 10.3. The van der Waals surface area contributed by atoms with E-state index in [4.69, 9.17) is 9.47 Å². The number of rotatable bonds is 7. The van der Waals surface area contributed by atoms with Crippen LogP contribution in [-0.2, 0) is 4.74 Å². The number of ketones is 1. The molecule has 0 spiro atoms. The van der Waals surface area contributed by atoms with Crippen molar-refractivity contribution >= 4 is 17.5 Å². The zero-order valence-corrected chi connectivity index (χ0v) is 13.0. The van der Waals surface area contributed by atoms with E-state index in [1.54, 1.807) is 31.0 Å². The van der Waals surface area contributed by atoms with Crippen LogP contribution >= 0.6 is 11.8 Å². The Labute approximate surface area is 129 Å². The van der Waals surface area contributed by atoms with Gasteiger partial charge in [-0.3, -0.25) is 4.79 Å². The maximum atomic E-state index is 12.6.